The maximum absolute atomic E-state index is 11.8. The zero-order chi connectivity index (χ0) is 45.1. The van der Waals surface area contributed by atoms with Crippen LogP contribution < -0.4 is 0 Å². The average molecular weight is 862 g/mol. The Kier molecular flexibility index (Phi) is 14.5. The maximum atomic E-state index is 11.8. The molecule has 0 unspecified atom stereocenters. The number of carboxylic acid groups (broad SMARTS) is 1. The topological polar surface area (TPSA) is 144 Å². The zero-order valence-electron chi connectivity index (χ0n) is 41.0. The molecule has 62 heavy (non-hydrogen) atoms. The Hall–Kier alpha value is -1.63. The number of azide groups is 1. The van der Waals surface area contributed by atoms with E-state index in [9.17, 15) is 24.9 Å². The van der Waals surface area contributed by atoms with Crippen molar-refractivity contribution < 1.29 is 24.9 Å². The Labute approximate surface area is 377 Å². The Balaban J connectivity index is 0.000000187. The molecule has 0 aliphatic heterocycles. The van der Waals surface area contributed by atoms with Crippen LogP contribution in [-0.2, 0) is 9.59 Å². The van der Waals surface area contributed by atoms with Crippen molar-refractivity contribution in [2.75, 3.05) is 0 Å². The summed E-state index contributed by atoms with van der Waals surface area (Å²) >= 11 is 0. The van der Waals surface area contributed by atoms with Crippen molar-refractivity contribution >= 4 is 11.9 Å². The van der Waals surface area contributed by atoms with Crippen LogP contribution in [0.25, 0.3) is 10.4 Å². The van der Waals surface area contributed by atoms with E-state index < -0.39 is 5.97 Å². The van der Waals surface area contributed by atoms with Crippen LogP contribution in [0.15, 0.2) is 5.11 Å². The molecule has 0 heterocycles. The van der Waals surface area contributed by atoms with Gasteiger partial charge >= 0.3 is 5.97 Å². The first kappa shape index (κ1) is 48.3. The summed E-state index contributed by atoms with van der Waals surface area (Å²) in [6.07, 6.45) is 22.2. The van der Waals surface area contributed by atoms with E-state index in [0.717, 1.165) is 37.5 Å². The highest BCUT2D eigenvalue weighted by Crippen LogP contribution is 2.72. The van der Waals surface area contributed by atoms with Crippen LogP contribution >= 0.6 is 0 Å². The van der Waals surface area contributed by atoms with Crippen molar-refractivity contribution in [2.45, 2.75) is 210 Å². The molecule has 8 saturated carbocycles. The first-order valence-corrected chi connectivity index (χ1v) is 26.5. The van der Waals surface area contributed by atoms with Crippen LogP contribution in [0.1, 0.15) is 198 Å². The minimum Gasteiger partial charge on any atom is -0.481 e. The van der Waals surface area contributed by atoms with E-state index in [1.165, 1.54) is 89.9 Å². The fraction of sp³-hybridized carbons (Fsp3) is 0.963. The van der Waals surface area contributed by atoms with Gasteiger partial charge in [0.25, 0.3) is 0 Å². The zero-order valence-corrected chi connectivity index (χ0v) is 41.0. The van der Waals surface area contributed by atoms with Crippen molar-refractivity contribution in [3.8, 4) is 0 Å². The van der Waals surface area contributed by atoms with Crippen molar-refractivity contribution in [3.63, 3.8) is 0 Å². The van der Waals surface area contributed by atoms with E-state index in [4.69, 9.17) is 5.53 Å². The SMILES string of the molecule is CC[C@H]1[C@@H](O)[C@@H]2[C@H](CC[C@]3(C)[C@@H]([C@H](C)CCC(=O)N=[N+]=[N-])CC[C@@H]23)[C@@]2(C)CC[C@@H](C)C[C@@H]12.CC[C@H]1[C@@H](O)[C@@H]2[C@H](CC[C@]3(C)[C@@H]([C@H](C)CCC(=O)O)CC[C@@H]23)[C@@]2(C)CC[C@@H](C)C[C@@H]12. The molecular formula is C54H91N3O5. The minimum atomic E-state index is -0.663. The number of carbonyl (C=O) groups excluding carboxylic acids is 1. The van der Waals surface area contributed by atoms with Gasteiger partial charge in [-0.2, -0.15) is 0 Å². The molecule has 22 atom stereocenters. The van der Waals surface area contributed by atoms with E-state index in [1.807, 2.05) is 0 Å². The molecule has 0 radical (unpaired) electrons. The van der Waals surface area contributed by atoms with E-state index in [0.29, 0.717) is 107 Å². The molecule has 0 spiro atoms. The van der Waals surface area contributed by atoms with Gasteiger partial charge in [0, 0.05) is 17.8 Å². The number of hydrogen-bond acceptors (Lipinski definition) is 4. The number of fused-ring (bicyclic) bond motifs is 10. The number of rotatable bonds is 10. The third-order valence-electron chi connectivity index (χ3n) is 22.7. The summed E-state index contributed by atoms with van der Waals surface area (Å²) in [6, 6.07) is 0. The molecule has 0 aromatic carbocycles. The minimum absolute atomic E-state index is 0.138. The Morgan fingerprint density at radius 2 is 1.00 bits per heavy atom. The van der Waals surface area contributed by atoms with Gasteiger partial charge in [-0.05, 0) is 217 Å². The molecule has 352 valence electrons. The lowest BCUT2D eigenvalue weighted by Gasteiger charge is -2.65. The van der Waals surface area contributed by atoms with Crippen LogP contribution in [0.4, 0.5) is 0 Å². The molecule has 8 rings (SSSR count). The van der Waals surface area contributed by atoms with Crippen molar-refractivity contribution in [3.05, 3.63) is 10.4 Å². The smallest absolute Gasteiger partial charge is 0.303 e. The largest absolute Gasteiger partial charge is 0.481 e. The molecule has 0 bridgehead atoms. The van der Waals surface area contributed by atoms with Gasteiger partial charge in [-0.15, -0.1) is 0 Å². The third-order valence-corrected chi connectivity index (χ3v) is 22.7. The monoisotopic (exact) mass is 862 g/mol. The summed E-state index contributed by atoms with van der Waals surface area (Å²) in [5.74, 6) is 8.48. The van der Waals surface area contributed by atoms with Crippen LogP contribution in [0, 0.1) is 116 Å². The molecule has 0 aromatic rings. The van der Waals surface area contributed by atoms with Crippen LogP contribution in [-0.4, -0.2) is 39.4 Å². The molecule has 0 saturated heterocycles. The second kappa shape index (κ2) is 18.6. The lowest BCUT2D eigenvalue weighted by atomic mass is 9.41. The van der Waals surface area contributed by atoms with Crippen LogP contribution in [0.5, 0.6) is 0 Å². The van der Waals surface area contributed by atoms with Crippen molar-refractivity contribution in [2.24, 2.45) is 121 Å². The predicted molar refractivity (Wildman–Crippen MR) is 248 cm³/mol. The highest BCUT2D eigenvalue weighted by molar-refractivity contribution is 5.76. The normalized spacial score (nSPS) is 50.1. The molecule has 3 N–H and O–H groups in total. The third kappa shape index (κ3) is 8.17. The Morgan fingerprint density at radius 1 is 0.613 bits per heavy atom. The predicted octanol–water partition coefficient (Wildman–Crippen LogP) is 13.5. The number of aliphatic hydroxyl groups is 2. The van der Waals surface area contributed by atoms with E-state index >= 15 is 0 Å². The van der Waals surface area contributed by atoms with Gasteiger partial charge in [0.1, 0.15) is 0 Å². The summed E-state index contributed by atoms with van der Waals surface area (Å²) in [5.41, 5.74) is 9.86. The van der Waals surface area contributed by atoms with Crippen molar-refractivity contribution in [1.29, 1.82) is 0 Å². The van der Waals surface area contributed by atoms with Gasteiger partial charge < -0.3 is 15.3 Å². The van der Waals surface area contributed by atoms with Gasteiger partial charge in [-0.1, -0.05) is 94.9 Å². The highest BCUT2D eigenvalue weighted by Gasteiger charge is 2.66. The standard InChI is InChI=1S/C27H45N3O2.C27H46O3/c1-6-18-22-15-16(2)11-13-27(22,5)21-12-14-26(4)19(8-9-20(26)24(21)25(18)32)17(3)7-10-23(31)29-30-28;1-6-18-22-15-16(2)11-13-27(22,5)21-12-14-26(4)19(17(3)7-10-23(28)29)8-9-20(26)24(21)25(18)30/h16-22,24-25,32H,6-15H2,1-5H3;16-22,24-25,30H,6-15H2,1-5H3,(H,28,29)/t2*16-,17-,18-,19-,20+,21+,22+,24+,25-,26-,27-/m11/s1. The summed E-state index contributed by atoms with van der Waals surface area (Å²) in [5, 5.41) is 36.1. The number of aliphatic hydroxyl groups excluding tert-OH is 2. The summed E-state index contributed by atoms with van der Waals surface area (Å²) in [6.45, 7) is 24.2. The van der Waals surface area contributed by atoms with Gasteiger partial charge in [0.05, 0.1) is 12.2 Å². The molecule has 8 heteroatoms. The number of hydrogen-bond donors (Lipinski definition) is 3. The number of amides is 1. The van der Waals surface area contributed by atoms with Gasteiger partial charge in [-0.25, -0.2) is 0 Å². The van der Waals surface area contributed by atoms with Crippen molar-refractivity contribution in [1.82, 2.24) is 0 Å². The Morgan fingerprint density at radius 3 is 1.39 bits per heavy atom. The summed E-state index contributed by atoms with van der Waals surface area (Å²) in [7, 11) is 0. The molecule has 8 fully saturated rings. The summed E-state index contributed by atoms with van der Waals surface area (Å²) < 4.78 is 0. The quantitative estimate of drug-likeness (QED) is 0.114. The summed E-state index contributed by atoms with van der Waals surface area (Å²) in [4.78, 5) is 25.6. The molecule has 8 aliphatic rings. The highest BCUT2D eigenvalue weighted by atomic mass is 16.4. The molecule has 8 nitrogen and oxygen atoms in total. The number of aliphatic carboxylic acids is 1. The average Bonchev–Trinajstić information content (AvgIpc) is 3.78. The van der Waals surface area contributed by atoms with E-state index in [-0.39, 0.29) is 28.9 Å². The van der Waals surface area contributed by atoms with Gasteiger partial charge in [0.15, 0.2) is 0 Å². The van der Waals surface area contributed by atoms with Crippen LogP contribution in [0.2, 0.25) is 0 Å². The Bertz CT molecular complexity index is 1650. The molecule has 8 aliphatic carbocycles. The molecule has 0 aromatic heterocycles. The number of carboxylic acids is 1. The number of carbonyl (C=O) groups is 2. The lowest BCUT2D eigenvalue weighted by Crippen LogP contribution is -2.61. The second-order valence-corrected chi connectivity index (χ2v) is 25.2. The van der Waals surface area contributed by atoms with Crippen LogP contribution in [0.3, 0.4) is 0 Å². The second-order valence-electron chi connectivity index (χ2n) is 25.2. The molecular weight excluding hydrogens is 771 g/mol. The maximum Gasteiger partial charge on any atom is 0.303 e. The number of nitrogens with zero attached hydrogens (tertiary/aromatic N) is 3. The van der Waals surface area contributed by atoms with Gasteiger partial charge in [0.2, 0.25) is 5.91 Å². The molecule has 1 amide bonds. The first-order chi connectivity index (χ1) is 29.3. The van der Waals surface area contributed by atoms with E-state index in [1.54, 1.807) is 0 Å². The van der Waals surface area contributed by atoms with E-state index in [2.05, 4.69) is 79.3 Å². The first-order valence-electron chi connectivity index (χ1n) is 26.5. The van der Waals surface area contributed by atoms with Gasteiger partial charge in [-0.3, -0.25) is 9.59 Å². The lowest BCUT2D eigenvalue weighted by molar-refractivity contribution is -0.198. The fourth-order valence-electron chi connectivity index (χ4n) is 19.5. The fourth-order valence-corrected chi connectivity index (χ4v) is 19.5.